The van der Waals surface area contributed by atoms with Gasteiger partial charge in [-0.05, 0) is 64.7 Å². The molecule has 136 valence electrons. The molecule has 2 aromatic rings. The lowest BCUT2D eigenvalue weighted by atomic mass is 10.1. The van der Waals surface area contributed by atoms with E-state index in [0.717, 1.165) is 46.7 Å². The molecule has 0 fully saturated rings. The number of anilines is 1. The maximum Gasteiger partial charge on any atom is 0.224 e. The predicted octanol–water partition coefficient (Wildman–Crippen LogP) is 5.95. The summed E-state index contributed by atoms with van der Waals surface area (Å²) in [6, 6.07) is 6.24. The van der Waals surface area contributed by atoms with Gasteiger partial charge in [0.15, 0.2) is 0 Å². The second-order valence-electron chi connectivity index (χ2n) is 6.73. The van der Waals surface area contributed by atoms with Crippen LogP contribution in [0.1, 0.15) is 54.6 Å². The number of nitrogens with zero attached hydrogens (tertiary/aromatic N) is 1. The number of hydrogen-bond donors (Lipinski definition) is 1. The van der Waals surface area contributed by atoms with Crippen LogP contribution in [0.4, 0.5) is 5.69 Å². The van der Waals surface area contributed by atoms with Crippen molar-refractivity contribution < 1.29 is 9.57 Å². The molecule has 1 N–H and O–H groups in total. The standard InChI is InChI=1S/C21H30N2O2/c1-8-18(9-2)25-23-19-12-16(6)22-21(17(19)7)24-20-14(4)10-13(3)11-15(20)5/h10-12,18H,8-9H2,1-7H3,(H,22,23). The van der Waals surface area contributed by atoms with Crippen LogP contribution in [-0.2, 0) is 4.84 Å². The average Bonchev–Trinajstić information content (AvgIpc) is 2.55. The van der Waals surface area contributed by atoms with Crippen LogP contribution in [0.15, 0.2) is 18.2 Å². The van der Waals surface area contributed by atoms with Crippen molar-refractivity contribution in [3.05, 3.63) is 46.1 Å². The van der Waals surface area contributed by atoms with Gasteiger partial charge in [-0.1, -0.05) is 31.5 Å². The first-order chi connectivity index (χ1) is 11.8. The highest BCUT2D eigenvalue weighted by Gasteiger charge is 2.14. The molecule has 0 aliphatic rings. The number of benzene rings is 1. The van der Waals surface area contributed by atoms with Crippen LogP contribution in [0.5, 0.6) is 11.6 Å². The Hall–Kier alpha value is -2.07. The summed E-state index contributed by atoms with van der Waals surface area (Å²) in [5.41, 5.74) is 9.29. The zero-order valence-electron chi connectivity index (χ0n) is 16.5. The number of rotatable bonds is 7. The molecule has 25 heavy (non-hydrogen) atoms. The zero-order valence-corrected chi connectivity index (χ0v) is 16.5. The van der Waals surface area contributed by atoms with Gasteiger partial charge in [-0.2, -0.15) is 0 Å². The second-order valence-corrected chi connectivity index (χ2v) is 6.73. The number of hydrogen-bond acceptors (Lipinski definition) is 4. The van der Waals surface area contributed by atoms with Crippen molar-refractivity contribution in [2.45, 2.75) is 67.4 Å². The van der Waals surface area contributed by atoms with Crippen molar-refractivity contribution in [3.63, 3.8) is 0 Å². The SMILES string of the molecule is CCC(CC)ONc1cc(C)nc(Oc2c(C)cc(C)cc2C)c1C. The first-order valence-corrected chi connectivity index (χ1v) is 9.01. The molecule has 0 saturated heterocycles. The van der Waals surface area contributed by atoms with Gasteiger partial charge in [0.05, 0.1) is 11.8 Å². The monoisotopic (exact) mass is 342 g/mol. The lowest BCUT2D eigenvalue weighted by molar-refractivity contribution is 0.0933. The molecule has 0 bridgehead atoms. The molecule has 0 aliphatic heterocycles. The molecule has 0 amide bonds. The van der Waals surface area contributed by atoms with E-state index in [1.807, 2.05) is 19.9 Å². The van der Waals surface area contributed by atoms with Crippen molar-refractivity contribution in [1.82, 2.24) is 4.98 Å². The number of ether oxygens (including phenoxy) is 1. The van der Waals surface area contributed by atoms with Gasteiger partial charge in [0.1, 0.15) is 5.75 Å². The van der Waals surface area contributed by atoms with Crippen LogP contribution in [0.3, 0.4) is 0 Å². The quantitative estimate of drug-likeness (QED) is 0.632. The Labute approximate surface area is 151 Å². The Kier molecular flexibility index (Phi) is 6.43. The van der Waals surface area contributed by atoms with E-state index >= 15 is 0 Å². The lowest BCUT2D eigenvalue weighted by Gasteiger charge is -2.19. The van der Waals surface area contributed by atoms with Crippen molar-refractivity contribution in [3.8, 4) is 11.6 Å². The molecule has 1 aromatic carbocycles. The average molecular weight is 342 g/mol. The summed E-state index contributed by atoms with van der Waals surface area (Å²) in [6.07, 6.45) is 2.13. The number of aromatic nitrogens is 1. The number of nitrogens with one attached hydrogen (secondary N) is 1. The third-order valence-corrected chi connectivity index (χ3v) is 4.41. The second kappa shape index (κ2) is 8.34. The topological polar surface area (TPSA) is 43.4 Å². The van der Waals surface area contributed by atoms with Crippen molar-refractivity contribution in [2.75, 3.05) is 5.48 Å². The van der Waals surface area contributed by atoms with Crippen molar-refractivity contribution in [2.24, 2.45) is 0 Å². The van der Waals surface area contributed by atoms with Crippen LogP contribution in [-0.4, -0.2) is 11.1 Å². The summed E-state index contributed by atoms with van der Waals surface area (Å²) >= 11 is 0. The summed E-state index contributed by atoms with van der Waals surface area (Å²) in [7, 11) is 0. The van der Waals surface area contributed by atoms with Crippen LogP contribution in [0.2, 0.25) is 0 Å². The third kappa shape index (κ3) is 4.73. The first kappa shape index (κ1) is 19.3. The molecular formula is C21H30N2O2. The van der Waals surface area contributed by atoms with E-state index in [1.54, 1.807) is 0 Å². The van der Waals surface area contributed by atoms with E-state index in [9.17, 15) is 0 Å². The molecule has 4 nitrogen and oxygen atoms in total. The summed E-state index contributed by atoms with van der Waals surface area (Å²) < 4.78 is 6.20. The van der Waals surface area contributed by atoms with E-state index in [1.165, 1.54) is 5.56 Å². The molecule has 0 spiro atoms. The molecule has 1 heterocycles. The van der Waals surface area contributed by atoms with E-state index < -0.39 is 0 Å². The highest BCUT2D eigenvalue weighted by molar-refractivity contribution is 5.56. The predicted molar refractivity (Wildman–Crippen MR) is 104 cm³/mol. The van der Waals surface area contributed by atoms with Gasteiger partial charge in [-0.15, -0.1) is 0 Å². The first-order valence-electron chi connectivity index (χ1n) is 9.01. The zero-order chi connectivity index (χ0) is 18.6. The smallest absolute Gasteiger partial charge is 0.224 e. The van der Waals surface area contributed by atoms with Crippen molar-refractivity contribution >= 4 is 5.69 Å². The van der Waals surface area contributed by atoms with Gasteiger partial charge in [0.25, 0.3) is 0 Å². The number of aryl methyl sites for hydroxylation is 4. The summed E-state index contributed by atoms with van der Waals surface area (Å²) in [4.78, 5) is 10.4. The minimum atomic E-state index is 0.193. The van der Waals surface area contributed by atoms with Crippen LogP contribution in [0, 0.1) is 34.6 Å². The molecule has 0 aliphatic carbocycles. The summed E-state index contributed by atoms with van der Waals surface area (Å²) in [6.45, 7) is 14.4. The number of pyridine rings is 1. The Morgan fingerprint density at radius 1 is 0.960 bits per heavy atom. The van der Waals surface area contributed by atoms with Crippen LogP contribution < -0.4 is 10.2 Å². The lowest BCUT2D eigenvalue weighted by Crippen LogP contribution is -2.16. The maximum atomic E-state index is 6.20. The van der Waals surface area contributed by atoms with Gasteiger partial charge >= 0.3 is 0 Å². The van der Waals surface area contributed by atoms with Gasteiger partial charge < -0.3 is 4.74 Å². The van der Waals surface area contributed by atoms with Gasteiger partial charge in [-0.3, -0.25) is 10.3 Å². The van der Waals surface area contributed by atoms with Gasteiger partial charge in [0, 0.05) is 11.3 Å². The third-order valence-electron chi connectivity index (χ3n) is 4.41. The normalized spacial score (nSPS) is 11.0. The van der Waals surface area contributed by atoms with E-state index in [4.69, 9.17) is 9.57 Å². The molecule has 0 unspecified atom stereocenters. The summed E-state index contributed by atoms with van der Waals surface area (Å²) in [5.74, 6) is 1.49. The minimum Gasteiger partial charge on any atom is -0.438 e. The largest absolute Gasteiger partial charge is 0.438 e. The van der Waals surface area contributed by atoms with E-state index in [2.05, 4.69) is 57.2 Å². The Morgan fingerprint density at radius 2 is 1.56 bits per heavy atom. The molecule has 4 heteroatoms. The molecule has 0 radical (unpaired) electrons. The fourth-order valence-electron chi connectivity index (χ4n) is 2.94. The Bertz CT molecular complexity index is 714. The maximum absolute atomic E-state index is 6.20. The highest BCUT2D eigenvalue weighted by atomic mass is 16.7. The van der Waals surface area contributed by atoms with Gasteiger partial charge in [-0.25, -0.2) is 4.98 Å². The van der Waals surface area contributed by atoms with Gasteiger partial charge in [0.2, 0.25) is 5.88 Å². The minimum absolute atomic E-state index is 0.193. The molecule has 1 aromatic heterocycles. The molecular weight excluding hydrogens is 312 g/mol. The molecule has 0 atom stereocenters. The van der Waals surface area contributed by atoms with Crippen molar-refractivity contribution in [1.29, 1.82) is 0 Å². The Morgan fingerprint density at radius 3 is 2.12 bits per heavy atom. The van der Waals surface area contributed by atoms with Crippen LogP contribution >= 0.6 is 0 Å². The van der Waals surface area contributed by atoms with E-state index in [-0.39, 0.29) is 6.10 Å². The Balaban J connectivity index is 2.30. The fourth-order valence-corrected chi connectivity index (χ4v) is 2.94. The van der Waals surface area contributed by atoms with Crippen LogP contribution in [0.25, 0.3) is 0 Å². The fraction of sp³-hybridized carbons (Fsp3) is 0.476. The highest BCUT2D eigenvalue weighted by Crippen LogP contribution is 2.33. The van der Waals surface area contributed by atoms with E-state index in [0.29, 0.717) is 5.88 Å². The molecule has 2 rings (SSSR count). The summed E-state index contributed by atoms with van der Waals surface area (Å²) in [5, 5.41) is 0. The molecule has 0 saturated carbocycles.